The van der Waals surface area contributed by atoms with Gasteiger partial charge in [0.1, 0.15) is 0 Å². The van der Waals surface area contributed by atoms with Crippen LogP contribution in [0.5, 0.6) is 0 Å². The highest BCUT2D eigenvalue weighted by molar-refractivity contribution is 6.18. The van der Waals surface area contributed by atoms with Crippen LogP contribution in [0.25, 0.3) is 49.4 Å². The van der Waals surface area contributed by atoms with Crippen molar-refractivity contribution in [1.82, 2.24) is 4.57 Å². The number of hydrogen-bond acceptors (Lipinski definition) is 2. The largest absolute Gasteiger partial charge is 0.310 e. The minimum absolute atomic E-state index is 0.132. The van der Waals surface area contributed by atoms with Crippen molar-refractivity contribution in [2.45, 2.75) is 19.3 Å². The van der Waals surface area contributed by atoms with Crippen LogP contribution >= 0.6 is 0 Å². The van der Waals surface area contributed by atoms with Crippen LogP contribution in [-0.4, -0.2) is 4.57 Å². The molecule has 0 saturated carbocycles. The van der Waals surface area contributed by atoms with E-state index in [1.54, 1.807) is 0 Å². The Labute approximate surface area is 339 Å². The molecule has 0 unspecified atom stereocenters. The standard InChI is InChI=1S/C55H41N3/c1-55(2)48-34-32-43(35-47(48)53-45-28-16-15-19-38(45)31-33-49(53)55)57(41-24-11-5-12-25-41)51-36-44(56(39-20-7-3-8-21-39)40-22-9-4-10-23-40)37-52-54(51)46-29-17-18-30-50(46)58(52)42-26-13-6-14-27-42/h3-37H,1-2H3. The SMILES string of the molecule is CC1(C)c2ccc(N(c3ccccc3)c3cc(N(c4ccccc4)c4ccccc4)cc4c3c3ccccc3n4-c3ccccc3)cc2-c2c1ccc1ccccc21. The highest BCUT2D eigenvalue weighted by Crippen LogP contribution is 2.54. The molecule has 1 aliphatic carbocycles. The zero-order valence-electron chi connectivity index (χ0n) is 32.5. The summed E-state index contributed by atoms with van der Waals surface area (Å²) in [5.74, 6) is 0. The first-order chi connectivity index (χ1) is 28.6. The average molecular weight is 744 g/mol. The number of benzene rings is 9. The number of hydrogen-bond donors (Lipinski definition) is 0. The van der Waals surface area contributed by atoms with E-state index < -0.39 is 0 Å². The van der Waals surface area contributed by atoms with Crippen molar-refractivity contribution in [3.63, 3.8) is 0 Å². The molecular weight excluding hydrogens is 703 g/mol. The fourth-order valence-corrected chi connectivity index (χ4v) is 9.48. The van der Waals surface area contributed by atoms with Gasteiger partial charge in [0.05, 0.1) is 22.4 Å². The first-order valence-corrected chi connectivity index (χ1v) is 20.1. The van der Waals surface area contributed by atoms with Crippen LogP contribution in [0.4, 0.5) is 34.1 Å². The fourth-order valence-electron chi connectivity index (χ4n) is 9.48. The van der Waals surface area contributed by atoms with Gasteiger partial charge in [-0.2, -0.15) is 0 Å². The first-order valence-electron chi connectivity index (χ1n) is 20.1. The maximum Gasteiger partial charge on any atom is 0.0583 e. The minimum atomic E-state index is -0.132. The van der Waals surface area contributed by atoms with E-state index in [1.807, 2.05) is 0 Å². The third kappa shape index (κ3) is 5.28. The molecule has 0 N–H and O–H groups in total. The van der Waals surface area contributed by atoms with Crippen molar-refractivity contribution in [2.24, 2.45) is 0 Å². The van der Waals surface area contributed by atoms with E-state index >= 15 is 0 Å². The number of fused-ring (bicyclic) bond motifs is 8. The molecule has 276 valence electrons. The number of nitrogens with zero attached hydrogens (tertiary/aromatic N) is 3. The van der Waals surface area contributed by atoms with E-state index in [0.29, 0.717) is 0 Å². The summed E-state index contributed by atoms with van der Waals surface area (Å²) in [4.78, 5) is 4.87. The van der Waals surface area contributed by atoms with Crippen molar-refractivity contribution in [3.8, 4) is 16.8 Å². The van der Waals surface area contributed by atoms with Crippen molar-refractivity contribution >= 4 is 66.7 Å². The topological polar surface area (TPSA) is 11.4 Å². The maximum atomic E-state index is 2.48. The summed E-state index contributed by atoms with van der Waals surface area (Å²) >= 11 is 0. The van der Waals surface area contributed by atoms with Gasteiger partial charge in [0, 0.05) is 44.6 Å². The number of para-hydroxylation sites is 5. The molecule has 3 heteroatoms. The zero-order valence-corrected chi connectivity index (χ0v) is 32.5. The molecule has 0 spiro atoms. The van der Waals surface area contributed by atoms with Crippen LogP contribution in [0.15, 0.2) is 212 Å². The molecule has 0 bridgehead atoms. The highest BCUT2D eigenvalue weighted by Gasteiger charge is 2.37. The predicted molar refractivity (Wildman–Crippen MR) is 245 cm³/mol. The third-order valence-corrected chi connectivity index (χ3v) is 12.1. The molecule has 0 radical (unpaired) electrons. The summed E-state index contributed by atoms with van der Waals surface area (Å²) < 4.78 is 2.43. The van der Waals surface area contributed by atoms with Crippen LogP contribution in [0.1, 0.15) is 25.0 Å². The van der Waals surface area contributed by atoms with Gasteiger partial charge < -0.3 is 14.4 Å². The second-order valence-electron chi connectivity index (χ2n) is 15.8. The second kappa shape index (κ2) is 13.4. The van der Waals surface area contributed by atoms with Gasteiger partial charge in [-0.1, -0.05) is 147 Å². The Morgan fingerprint density at radius 1 is 0.397 bits per heavy atom. The first kappa shape index (κ1) is 33.9. The molecule has 3 nitrogen and oxygen atoms in total. The Morgan fingerprint density at radius 2 is 0.948 bits per heavy atom. The fraction of sp³-hybridized carbons (Fsp3) is 0.0545. The molecule has 0 saturated heterocycles. The van der Waals surface area contributed by atoms with E-state index in [4.69, 9.17) is 0 Å². The Kier molecular flexibility index (Phi) is 7.84. The van der Waals surface area contributed by atoms with Crippen LogP contribution in [0.3, 0.4) is 0 Å². The lowest BCUT2D eigenvalue weighted by molar-refractivity contribution is 0.661. The van der Waals surface area contributed by atoms with Gasteiger partial charge in [-0.3, -0.25) is 0 Å². The summed E-state index contributed by atoms with van der Waals surface area (Å²) in [6.07, 6.45) is 0. The highest BCUT2D eigenvalue weighted by atomic mass is 15.2. The van der Waals surface area contributed by atoms with Crippen molar-refractivity contribution in [3.05, 3.63) is 223 Å². The summed E-state index contributed by atoms with van der Waals surface area (Å²) in [5.41, 5.74) is 15.2. The number of aromatic nitrogens is 1. The van der Waals surface area contributed by atoms with E-state index in [-0.39, 0.29) is 5.41 Å². The Hall–Kier alpha value is -7.36. The van der Waals surface area contributed by atoms with Crippen LogP contribution < -0.4 is 9.80 Å². The smallest absolute Gasteiger partial charge is 0.0583 e. The van der Waals surface area contributed by atoms with Gasteiger partial charge in [0.25, 0.3) is 0 Å². The molecule has 1 aliphatic rings. The molecule has 0 aliphatic heterocycles. The lowest BCUT2D eigenvalue weighted by atomic mass is 9.82. The normalized spacial score (nSPS) is 12.8. The van der Waals surface area contributed by atoms with E-state index in [2.05, 4.69) is 241 Å². The van der Waals surface area contributed by atoms with Crippen LogP contribution in [-0.2, 0) is 5.41 Å². The van der Waals surface area contributed by atoms with Crippen molar-refractivity contribution in [2.75, 3.05) is 9.80 Å². The molecule has 1 heterocycles. The molecule has 0 fully saturated rings. The molecular formula is C55H41N3. The second-order valence-corrected chi connectivity index (χ2v) is 15.8. The Morgan fingerprint density at radius 3 is 1.62 bits per heavy atom. The van der Waals surface area contributed by atoms with Gasteiger partial charge in [0.2, 0.25) is 0 Å². The number of anilines is 6. The van der Waals surface area contributed by atoms with Gasteiger partial charge in [0.15, 0.2) is 0 Å². The van der Waals surface area contributed by atoms with Crippen LogP contribution in [0, 0.1) is 0 Å². The minimum Gasteiger partial charge on any atom is -0.310 e. The molecule has 1 aromatic heterocycles. The molecule has 0 amide bonds. The van der Waals surface area contributed by atoms with E-state index in [0.717, 1.165) is 50.8 Å². The number of rotatable bonds is 7. The van der Waals surface area contributed by atoms with Gasteiger partial charge in [-0.15, -0.1) is 0 Å². The lowest BCUT2D eigenvalue weighted by Crippen LogP contribution is -2.16. The molecule has 0 atom stereocenters. The average Bonchev–Trinajstić information content (AvgIpc) is 3.73. The predicted octanol–water partition coefficient (Wildman–Crippen LogP) is 15.2. The summed E-state index contributed by atoms with van der Waals surface area (Å²) in [7, 11) is 0. The van der Waals surface area contributed by atoms with Crippen molar-refractivity contribution < 1.29 is 0 Å². The summed E-state index contributed by atoms with van der Waals surface area (Å²) in [6, 6.07) is 77.4. The van der Waals surface area contributed by atoms with Gasteiger partial charge in [-0.05, 0) is 112 Å². The Bertz CT molecular complexity index is 3090. The lowest BCUT2D eigenvalue weighted by Gasteiger charge is -2.31. The van der Waals surface area contributed by atoms with Crippen LogP contribution in [0.2, 0.25) is 0 Å². The molecule has 58 heavy (non-hydrogen) atoms. The Balaban J connectivity index is 1.26. The van der Waals surface area contributed by atoms with Gasteiger partial charge in [-0.25, -0.2) is 0 Å². The summed E-state index contributed by atoms with van der Waals surface area (Å²) in [5, 5.41) is 4.96. The molecule has 9 aromatic carbocycles. The van der Waals surface area contributed by atoms with Crippen molar-refractivity contribution in [1.29, 1.82) is 0 Å². The quantitative estimate of drug-likeness (QED) is 0.161. The zero-order chi connectivity index (χ0) is 38.8. The maximum absolute atomic E-state index is 2.48. The third-order valence-electron chi connectivity index (χ3n) is 12.1. The van der Waals surface area contributed by atoms with Gasteiger partial charge >= 0.3 is 0 Å². The summed E-state index contributed by atoms with van der Waals surface area (Å²) in [6.45, 7) is 4.74. The molecule has 10 aromatic rings. The molecule has 11 rings (SSSR count). The van der Waals surface area contributed by atoms with E-state index in [1.165, 1.54) is 43.8 Å². The monoisotopic (exact) mass is 743 g/mol. The van der Waals surface area contributed by atoms with E-state index in [9.17, 15) is 0 Å².